The topological polar surface area (TPSA) is 0 Å². The predicted molar refractivity (Wildman–Crippen MR) is 30.6 cm³/mol. The Balaban J connectivity index is 3.53. The number of halogens is 4. The van der Waals surface area contributed by atoms with Crippen LogP contribution in [0.5, 0.6) is 0 Å². The summed E-state index contributed by atoms with van der Waals surface area (Å²) in [4.78, 5) is 0. The molecule has 0 aliphatic carbocycles. The molecule has 0 heterocycles. The predicted octanol–water partition coefficient (Wildman–Crippen LogP) is 2.05. The van der Waals surface area contributed by atoms with Crippen molar-refractivity contribution in [3.05, 3.63) is 6.42 Å². The van der Waals surface area contributed by atoms with E-state index in [1.807, 2.05) is 0 Å². The smallest absolute Gasteiger partial charge is 0.114 e. The summed E-state index contributed by atoms with van der Waals surface area (Å²) in [5, 5.41) is 0. The average molecular weight is 157 g/mol. The van der Waals surface area contributed by atoms with Crippen LogP contribution in [0.1, 0.15) is 0 Å². The van der Waals surface area contributed by atoms with E-state index in [1.54, 1.807) is 0 Å². The summed E-state index contributed by atoms with van der Waals surface area (Å²) in [7, 11) is 0. The van der Waals surface area contributed by atoms with Crippen LogP contribution in [0.3, 0.4) is 0 Å². The van der Waals surface area contributed by atoms with Crippen molar-refractivity contribution in [3.8, 4) is 0 Å². The fraction of sp³-hybridized carbons (Fsp3) is 0.833. The molecule has 0 saturated heterocycles. The summed E-state index contributed by atoms with van der Waals surface area (Å²) in [5.74, 6) is -1.32. The summed E-state index contributed by atoms with van der Waals surface area (Å²) in [6, 6.07) is 0. The van der Waals surface area contributed by atoms with Crippen molar-refractivity contribution in [2.75, 3.05) is 20.0 Å². The zero-order valence-corrected chi connectivity index (χ0v) is 5.37. The normalized spacial score (nSPS) is 14.1. The average Bonchev–Trinajstić information content (AvgIpc) is 1.91. The molecule has 0 rings (SSSR count). The maximum absolute atomic E-state index is 12.3. The number of alkyl halides is 4. The van der Waals surface area contributed by atoms with Crippen molar-refractivity contribution < 1.29 is 17.6 Å². The van der Waals surface area contributed by atoms with Gasteiger partial charge in [-0.1, -0.05) is 0 Å². The first-order valence-corrected chi connectivity index (χ1v) is 2.91. The molecule has 0 aromatic rings. The van der Waals surface area contributed by atoms with Crippen molar-refractivity contribution in [1.29, 1.82) is 0 Å². The standard InChI is InChI=1S/C6H9F4/c7-2-1-6(10)5(3-8)4-9/h1,5-6H,2-4H2. The molecule has 0 bridgehead atoms. The van der Waals surface area contributed by atoms with Gasteiger partial charge in [-0.15, -0.1) is 0 Å². The molecule has 0 aliphatic heterocycles. The minimum Gasteiger partial charge on any atom is -0.251 e. The van der Waals surface area contributed by atoms with Gasteiger partial charge >= 0.3 is 0 Å². The molecule has 1 unspecified atom stereocenters. The van der Waals surface area contributed by atoms with E-state index in [0.717, 1.165) is 0 Å². The summed E-state index contributed by atoms with van der Waals surface area (Å²) in [6.07, 6.45) is -1.19. The van der Waals surface area contributed by atoms with Crippen LogP contribution in [0, 0.1) is 12.3 Å². The van der Waals surface area contributed by atoms with Gasteiger partial charge in [0, 0.05) is 12.3 Å². The van der Waals surface area contributed by atoms with Crippen LogP contribution in [0.2, 0.25) is 0 Å². The quantitative estimate of drug-likeness (QED) is 0.536. The molecule has 0 amide bonds. The SMILES string of the molecule is FC[CH]C(F)C(CF)CF. The monoisotopic (exact) mass is 157 g/mol. The van der Waals surface area contributed by atoms with Crippen LogP contribution in [0.15, 0.2) is 0 Å². The maximum atomic E-state index is 12.3. The zero-order chi connectivity index (χ0) is 7.98. The molecule has 1 atom stereocenters. The molecule has 0 nitrogen and oxygen atoms in total. The molecule has 61 valence electrons. The van der Waals surface area contributed by atoms with Gasteiger partial charge in [-0.2, -0.15) is 0 Å². The van der Waals surface area contributed by atoms with Crippen LogP contribution in [-0.4, -0.2) is 26.2 Å². The van der Waals surface area contributed by atoms with E-state index in [9.17, 15) is 17.6 Å². The Bertz CT molecular complexity index is 72.1. The van der Waals surface area contributed by atoms with Gasteiger partial charge in [0.1, 0.15) is 6.17 Å². The number of hydrogen-bond donors (Lipinski definition) is 0. The first-order chi connectivity index (χ1) is 4.76. The van der Waals surface area contributed by atoms with Crippen molar-refractivity contribution in [2.24, 2.45) is 5.92 Å². The summed E-state index contributed by atoms with van der Waals surface area (Å²) in [5.41, 5.74) is 0. The van der Waals surface area contributed by atoms with E-state index in [-0.39, 0.29) is 0 Å². The molecule has 0 aliphatic rings. The highest BCUT2D eigenvalue weighted by Gasteiger charge is 2.20. The van der Waals surface area contributed by atoms with Gasteiger partial charge in [-0.3, -0.25) is 13.2 Å². The van der Waals surface area contributed by atoms with E-state index < -0.39 is 32.1 Å². The first-order valence-electron chi connectivity index (χ1n) is 2.91. The molecule has 0 aromatic carbocycles. The lowest BCUT2D eigenvalue weighted by molar-refractivity contribution is 0.175. The number of rotatable bonds is 5. The molecule has 0 fully saturated rings. The highest BCUT2D eigenvalue weighted by atomic mass is 19.2. The molecule has 0 N–H and O–H groups in total. The fourth-order valence-electron chi connectivity index (χ4n) is 0.489. The second-order valence-electron chi connectivity index (χ2n) is 1.90. The van der Waals surface area contributed by atoms with E-state index >= 15 is 0 Å². The van der Waals surface area contributed by atoms with Crippen molar-refractivity contribution >= 4 is 0 Å². The minimum absolute atomic E-state index is 0.615. The highest BCUT2D eigenvalue weighted by molar-refractivity contribution is 4.81. The first kappa shape index (κ1) is 9.72. The van der Waals surface area contributed by atoms with Gasteiger partial charge in [-0.25, -0.2) is 4.39 Å². The van der Waals surface area contributed by atoms with E-state index in [0.29, 0.717) is 6.42 Å². The van der Waals surface area contributed by atoms with Gasteiger partial charge in [0.15, 0.2) is 0 Å². The Morgan fingerprint density at radius 2 is 1.60 bits per heavy atom. The van der Waals surface area contributed by atoms with Gasteiger partial charge in [-0.05, 0) is 0 Å². The summed E-state index contributed by atoms with van der Waals surface area (Å²) < 4.78 is 46.8. The Kier molecular flexibility index (Phi) is 5.35. The number of hydrogen-bond acceptors (Lipinski definition) is 0. The van der Waals surface area contributed by atoms with Gasteiger partial charge < -0.3 is 0 Å². The van der Waals surface area contributed by atoms with Gasteiger partial charge in [0.05, 0.1) is 20.0 Å². The highest BCUT2D eigenvalue weighted by Crippen LogP contribution is 2.12. The summed E-state index contributed by atoms with van der Waals surface area (Å²) >= 11 is 0. The second kappa shape index (κ2) is 5.50. The molecule has 0 saturated carbocycles. The lowest BCUT2D eigenvalue weighted by Crippen LogP contribution is -2.21. The Morgan fingerprint density at radius 1 is 1.10 bits per heavy atom. The van der Waals surface area contributed by atoms with Crippen molar-refractivity contribution in [2.45, 2.75) is 6.17 Å². The van der Waals surface area contributed by atoms with Crippen LogP contribution in [0.25, 0.3) is 0 Å². The summed E-state index contributed by atoms with van der Waals surface area (Å²) in [6.45, 7) is -3.17. The molecule has 1 radical (unpaired) electrons. The van der Waals surface area contributed by atoms with Crippen molar-refractivity contribution in [1.82, 2.24) is 0 Å². The maximum Gasteiger partial charge on any atom is 0.114 e. The Morgan fingerprint density at radius 3 is 1.90 bits per heavy atom. The second-order valence-corrected chi connectivity index (χ2v) is 1.90. The third-order valence-electron chi connectivity index (χ3n) is 1.16. The molecular formula is C6H9F4. The van der Waals surface area contributed by atoms with Crippen LogP contribution < -0.4 is 0 Å². The van der Waals surface area contributed by atoms with Gasteiger partial charge in [0.2, 0.25) is 0 Å². The Labute approximate surface area is 57.2 Å². The molecule has 4 heteroatoms. The third kappa shape index (κ3) is 3.03. The van der Waals surface area contributed by atoms with Crippen molar-refractivity contribution in [3.63, 3.8) is 0 Å². The van der Waals surface area contributed by atoms with E-state index in [2.05, 4.69) is 0 Å². The fourth-order valence-corrected chi connectivity index (χ4v) is 0.489. The molecule has 10 heavy (non-hydrogen) atoms. The third-order valence-corrected chi connectivity index (χ3v) is 1.16. The zero-order valence-electron chi connectivity index (χ0n) is 5.37. The molecule has 0 spiro atoms. The largest absolute Gasteiger partial charge is 0.251 e. The molecule has 0 aromatic heterocycles. The molecular weight excluding hydrogens is 148 g/mol. The van der Waals surface area contributed by atoms with Crippen LogP contribution in [0.4, 0.5) is 17.6 Å². The lowest BCUT2D eigenvalue weighted by atomic mass is 10.1. The Hall–Kier alpha value is -0.280. The van der Waals surface area contributed by atoms with E-state index in [4.69, 9.17) is 0 Å². The van der Waals surface area contributed by atoms with Gasteiger partial charge in [0.25, 0.3) is 0 Å². The lowest BCUT2D eigenvalue weighted by Gasteiger charge is -2.11. The minimum atomic E-state index is -1.81. The van der Waals surface area contributed by atoms with E-state index in [1.165, 1.54) is 0 Å². The van der Waals surface area contributed by atoms with Crippen LogP contribution in [-0.2, 0) is 0 Å². The van der Waals surface area contributed by atoms with Crippen LogP contribution >= 0.6 is 0 Å².